The molecule has 5 nitrogen and oxygen atoms in total. The van der Waals surface area contributed by atoms with Gasteiger partial charge in [-0.2, -0.15) is 0 Å². The van der Waals surface area contributed by atoms with Crippen LogP contribution in [0.1, 0.15) is 5.56 Å². The van der Waals surface area contributed by atoms with E-state index in [4.69, 9.17) is 14.2 Å². The van der Waals surface area contributed by atoms with Crippen molar-refractivity contribution in [1.82, 2.24) is 0 Å². The van der Waals surface area contributed by atoms with Crippen LogP contribution in [0.5, 0.6) is 17.2 Å². The number of ether oxygens (including phenoxy) is 3. The monoisotopic (exact) mass is 221 g/mol. The van der Waals surface area contributed by atoms with Crippen LogP contribution in [-0.2, 0) is 11.3 Å². The molecule has 0 unspecified atom stereocenters. The molecule has 1 aromatic rings. The van der Waals surface area contributed by atoms with Gasteiger partial charge in [0.25, 0.3) is 0 Å². The summed E-state index contributed by atoms with van der Waals surface area (Å²) in [6.45, 7) is 1.28. The van der Waals surface area contributed by atoms with E-state index in [1.54, 1.807) is 19.2 Å². The first-order valence-electron chi connectivity index (χ1n) is 4.85. The van der Waals surface area contributed by atoms with Gasteiger partial charge in [-0.05, 0) is 17.7 Å². The number of fused-ring (bicyclic) bond motifs is 1. The molecule has 0 bridgehead atoms. The van der Waals surface area contributed by atoms with Crippen LogP contribution in [0, 0.1) is 0 Å². The van der Waals surface area contributed by atoms with Crippen LogP contribution in [-0.4, -0.2) is 26.4 Å². The molecule has 1 aliphatic rings. The highest BCUT2D eigenvalue weighted by atomic mass is 16.6. The summed E-state index contributed by atoms with van der Waals surface area (Å²) in [5.41, 5.74) is 0.824. The van der Waals surface area contributed by atoms with Gasteiger partial charge in [0.05, 0.1) is 13.7 Å². The Morgan fingerprint density at radius 2 is 2.25 bits per heavy atom. The largest absolute Gasteiger partial charge is 0.493 e. The summed E-state index contributed by atoms with van der Waals surface area (Å²) in [6.07, 6.45) is 1.50. The quantitative estimate of drug-likeness (QED) is 0.570. The van der Waals surface area contributed by atoms with Crippen molar-refractivity contribution in [2.75, 3.05) is 20.3 Å². The second-order valence-corrected chi connectivity index (χ2v) is 3.23. The van der Waals surface area contributed by atoms with E-state index in [0.29, 0.717) is 30.5 Å². The Kier molecular flexibility index (Phi) is 3.08. The van der Waals surface area contributed by atoms with E-state index in [2.05, 4.69) is 4.99 Å². The normalized spacial score (nSPS) is 12.8. The van der Waals surface area contributed by atoms with Gasteiger partial charge in [-0.1, -0.05) is 0 Å². The highest BCUT2D eigenvalue weighted by Crippen LogP contribution is 2.40. The molecule has 1 heterocycles. The van der Waals surface area contributed by atoms with Gasteiger partial charge >= 0.3 is 0 Å². The van der Waals surface area contributed by atoms with Crippen molar-refractivity contribution in [1.29, 1.82) is 0 Å². The van der Waals surface area contributed by atoms with Crippen molar-refractivity contribution < 1.29 is 19.0 Å². The van der Waals surface area contributed by atoms with Crippen molar-refractivity contribution >= 4 is 6.08 Å². The van der Waals surface area contributed by atoms with Crippen LogP contribution in [0.15, 0.2) is 17.1 Å². The van der Waals surface area contributed by atoms with Gasteiger partial charge < -0.3 is 14.2 Å². The topological polar surface area (TPSA) is 57.1 Å². The lowest BCUT2D eigenvalue weighted by Crippen LogP contribution is -2.16. The summed E-state index contributed by atoms with van der Waals surface area (Å²) >= 11 is 0. The third-order valence-electron chi connectivity index (χ3n) is 2.21. The molecule has 84 valence electrons. The van der Waals surface area contributed by atoms with Gasteiger partial charge in [0.15, 0.2) is 11.5 Å². The van der Waals surface area contributed by atoms with E-state index in [1.165, 1.54) is 6.08 Å². The van der Waals surface area contributed by atoms with Crippen LogP contribution in [0.4, 0.5) is 0 Å². The molecule has 0 spiro atoms. The number of benzene rings is 1. The summed E-state index contributed by atoms with van der Waals surface area (Å²) in [6, 6.07) is 3.56. The lowest BCUT2D eigenvalue weighted by molar-refractivity contribution is 0.165. The van der Waals surface area contributed by atoms with E-state index < -0.39 is 0 Å². The average molecular weight is 221 g/mol. The third kappa shape index (κ3) is 1.99. The van der Waals surface area contributed by atoms with Gasteiger partial charge in [-0.15, -0.1) is 0 Å². The first kappa shape index (κ1) is 10.5. The molecule has 0 saturated carbocycles. The van der Waals surface area contributed by atoms with Crippen LogP contribution < -0.4 is 14.2 Å². The SMILES string of the molecule is COc1cc(CN=C=O)cc2c1OCCO2. The molecule has 0 atom stereocenters. The maximum Gasteiger partial charge on any atom is 0.235 e. The fraction of sp³-hybridized carbons (Fsp3) is 0.364. The number of carbonyl (C=O) groups excluding carboxylic acids is 1. The fourth-order valence-electron chi connectivity index (χ4n) is 1.54. The molecule has 0 aromatic heterocycles. The van der Waals surface area contributed by atoms with Crippen LogP contribution in [0.2, 0.25) is 0 Å². The molecule has 0 N–H and O–H groups in total. The summed E-state index contributed by atoms with van der Waals surface area (Å²) in [4.78, 5) is 13.6. The number of hydrogen-bond donors (Lipinski definition) is 0. The summed E-state index contributed by atoms with van der Waals surface area (Å²) in [7, 11) is 1.56. The maximum absolute atomic E-state index is 10.0. The molecule has 0 radical (unpaired) electrons. The standard InChI is InChI=1S/C11H11NO4/c1-14-9-4-8(6-12-7-13)5-10-11(9)16-3-2-15-10/h4-5H,2-3,6H2,1H3. The van der Waals surface area contributed by atoms with E-state index in [9.17, 15) is 4.79 Å². The molecule has 0 aliphatic carbocycles. The number of hydrogen-bond acceptors (Lipinski definition) is 5. The van der Waals surface area contributed by atoms with Gasteiger partial charge in [-0.3, -0.25) is 0 Å². The Bertz CT molecular complexity index is 421. The fourth-order valence-corrected chi connectivity index (χ4v) is 1.54. The van der Waals surface area contributed by atoms with Gasteiger partial charge in [0.2, 0.25) is 11.8 Å². The second-order valence-electron chi connectivity index (χ2n) is 3.23. The number of aliphatic imine (C=N–C) groups is 1. The van der Waals surface area contributed by atoms with Gasteiger partial charge in [0.1, 0.15) is 13.2 Å². The van der Waals surface area contributed by atoms with Gasteiger partial charge in [-0.25, -0.2) is 9.79 Å². The zero-order valence-electron chi connectivity index (χ0n) is 8.86. The Morgan fingerprint density at radius 3 is 3.00 bits per heavy atom. The second kappa shape index (κ2) is 4.68. The van der Waals surface area contributed by atoms with E-state index in [-0.39, 0.29) is 6.54 Å². The average Bonchev–Trinajstić information content (AvgIpc) is 2.35. The minimum absolute atomic E-state index is 0.260. The molecule has 1 aromatic carbocycles. The molecular formula is C11H11NO4. The number of isocyanates is 1. The zero-order valence-corrected chi connectivity index (χ0v) is 8.86. The number of nitrogens with zero attached hydrogens (tertiary/aromatic N) is 1. The molecular weight excluding hydrogens is 210 g/mol. The van der Waals surface area contributed by atoms with Crippen LogP contribution in [0.25, 0.3) is 0 Å². The minimum Gasteiger partial charge on any atom is -0.493 e. The first-order chi connectivity index (χ1) is 7.85. The van der Waals surface area contributed by atoms with Gasteiger partial charge in [0, 0.05) is 0 Å². The zero-order chi connectivity index (χ0) is 11.4. The van der Waals surface area contributed by atoms with Crippen molar-refractivity contribution in [3.63, 3.8) is 0 Å². The lowest BCUT2D eigenvalue weighted by atomic mass is 10.1. The van der Waals surface area contributed by atoms with E-state index >= 15 is 0 Å². The molecule has 2 rings (SSSR count). The number of methoxy groups -OCH3 is 1. The molecule has 1 aliphatic heterocycles. The van der Waals surface area contributed by atoms with Crippen molar-refractivity contribution in [3.05, 3.63) is 17.7 Å². The Hall–Kier alpha value is -2.00. The molecule has 0 saturated heterocycles. The molecule has 0 amide bonds. The molecule has 16 heavy (non-hydrogen) atoms. The Labute approximate surface area is 92.6 Å². The van der Waals surface area contributed by atoms with Crippen molar-refractivity contribution in [2.45, 2.75) is 6.54 Å². The smallest absolute Gasteiger partial charge is 0.235 e. The minimum atomic E-state index is 0.260. The van der Waals surface area contributed by atoms with Crippen LogP contribution in [0.3, 0.4) is 0 Å². The van der Waals surface area contributed by atoms with Crippen molar-refractivity contribution in [2.24, 2.45) is 4.99 Å². The molecule has 0 fully saturated rings. The van der Waals surface area contributed by atoms with E-state index in [0.717, 1.165) is 5.56 Å². The predicted molar refractivity (Wildman–Crippen MR) is 55.8 cm³/mol. The summed E-state index contributed by atoms with van der Waals surface area (Å²) in [5.74, 6) is 1.82. The van der Waals surface area contributed by atoms with Crippen molar-refractivity contribution in [3.8, 4) is 17.2 Å². The summed E-state index contributed by atoms with van der Waals surface area (Å²) < 4.78 is 16.1. The highest BCUT2D eigenvalue weighted by molar-refractivity contribution is 5.54. The Morgan fingerprint density at radius 1 is 1.44 bits per heavy atom. The lowest BCUT2D eigenvalue weighted by Gasteiger charge is -2.21. The maximum atomic E-state index is 10.0. The van der Waals surface area contributed by atoms with Crippen LogP contribution >= 0.6 is 0 Å². The van der Waals surface area contributed by atoms with E-state index in [1.807, 2.05) is 0 Å². The summed E-state index contributed by atoms with van der Waals surface area (Å²) in [5, 5.41) is 0. The predicted octanol–water partition coefficient (Wildman–Crippen LogP) is 1.30. The molecule has 5 heteroatoms. The highest BCUT2D eigenvalue weighted by Gasteiger charge is 2.18. The number of rotatable bonds is 3. The first-order valence-corrected chi connectivity index (χ1v) is 4.85. The Balaban J connectivity index is 2.38. The third-order valence-corrected chi connectivity index (χ3v) is 2.21.